The number of aromatic nitrogens is 2. The van der Waals surface area contributed by atoms with Crippen molar-refractivity contribution in [3.63, 3.8) is 0 Å². The van der Waals surface area contributed by atoms with Crippen LogP contribution in [0.1, 0.15) is 61.9 Å². The van der Waals surface area contributed by atoms with E-state index in [2.05, 4.69) is 49.8 Å². The molecule has 1 aromatic heterocycles. The molecule has 0 spiro atoms. The number of anilines is 3. The molecule has 28 heavy (non-hydrogen) atoms. The van der Waals surface area contributed by atoms with E-state index in [9.17, 15) is 4.79 Å². The average Bonchev–Trinajstić information content (AvgIpc) is 2.76. The van der Waals surface area contributed by atoms with Crippen LogP contribution in [0.4, 0.5) is 17.2 Å². The van der Waals surface area contributed by atoms with Gasteiger partial charge in [0.15, 0.2) is 0 Å². The smallest absolute Gasteiger partial charge is 0.271 e. The molecule has 2 heterocycles. The molecule has 0 unspecified atom stereocenters. The van der Waals surface area contributed by atoms with Crippen LogP contribution in [0.25, 0.3) is 0 Å². The lowest BCUT2D eigenvalue weighted by molar-refractivity contribution is 0.0922. The van der Waals surface area contributed by atoms with Crippen molar-refractivity contribution in [1.82, 2.24) is 15.3 Å². The highest BCUT2D eigenvalue weighted by atomic mass is 16.1. The van der Waals surface area contributed by atoms with Gasteiger partial charge < -0.3 is 15.5 Å². The van der Waals surface area contributed by atoms with Crippen LogP contribution >= 0.6 is 0 Å². The maximum Gasteiger partial charge on any atom is 0.271 e. The quantitative estimate of drug-likeness (QED) is 0.812. The predicted octanol–water partition coefficient (Wildman–Crippen LogP) is 4.27. The Hall–Kier alpha value is -2.63. The van der Waals surface area contributed by atoms with E-state index in [4.69, 9.17) is 0 Å². The Morgan fingerprint density at radius 1 is 0.893 bits per heavy atom. The molecule has 2 fully saturated rings. The first-order chi connectivity index (χ1) is 13.8. The van der Waals surface area contributed by atoms with Gasteiger partial charge in [0, 0.05) is 30.5 Å². The number of nitrogens with zero attached hydrogens (tertiary/aromatic N) is 3. The highest BCUT2D eigenvalue weighted by Gasteiger charge is 2.17. The van der Waals surface area contributed by atoms with Gasteiger partial charge >= 0.3 is 0 Å². The van der Waals surface area contributed by atoms with Gasteiger partial charge in [-0.25, -0.2) is 9.97 Å². The van der Waals surface area contributed by atoms with Crippen molar-refractivity contribution in [2.75, 3.05) is 23.3 Å². The Balaban J connectivity index is 1.33. The molecule has 0 bridgehead atoms. The van der Waals surface area contributed by atoms with E-state index in [0.717, 1.165) is 31.6 Å². The van der Waals surface area contributed by atoms with E-state index in [-0.39, 0.29) is 11.9 Å². The SMILES string of the molecule is O=C(NC1CCCCC1)c1cnc(Nc2ccc(N3CCCCC3)cc2)cn1. The molecule has 2 aliphatic rings. The van der Waals surface area contributed by atoms with Crippen molar-refractivity contribution in [2.24, 2.45) is 0 Å². The van der Waals surface area contributed by atoms with Crippen molar-refractivity contribution in [3.05, 3.63) is 42.4 Å². The number of piperidine rings is 1. The minimum absolute atomic E-state index is 0.128. The fourth-order valence-electron chi connectivity index (χ4n) is 4.07. The van der Waals surface area contributed by atoms with Gasteiger partial charge in [-0.15, -0.1) is 0 Å². The number of nitrogens with one attached hydrogen (secondary N) is 2. The van der Waals surface area contributed by atoms with Gasteiger partial charge in [-0.2, -0.15) is 0 Å². The van der Waals surface area contributed by atoms with Gasteiger partial charge in [-0.05, 0) is 56.4 Å². The standard InChI is InChI=1S/C22H29N5O/c28-22(26-17-7-3-1-4-8-17)20-15-24-21(16-23-20)25-18-9-11-19(12-10-18)27-13-5-2-6-14-27/h9-12,15-17H,1-8,13-14H2,(H,24,25)(H,26,28). The van der Waals surface area contributed by atoms with Gasteiger partial charge in [-0.1, -0.05) is 19.3 Å². The van der Waals surface area contributed by atoms with Gasteiger partial charge in [0.25, 0.3) is 5.91 Å². The monoisotopic (exact) mass is 379 g/mol. The summed E-state index contributed by atoms with van der Waals surface area (Å²) >= 11 is 0. The van der Waals surface area contributed by atoms with E-state index in [1.54, 1.807) is 12.4 Å². The first-order valence-corrected chi connectivity index (χ1v) is 10.5. The van der Waals surface area contributed by atoms with Crippen molar-refractivity contribution < 1.29 is 4.79 Å². The molecule has 1 saturated heterocycles. The second-order valence-corrected chi connectivity index (χ2v) is 7.81. The Morgan fingerprint density at radius 3 is 2.29 bits per heavy atom. The summed E-state index contributed by atoms with van der Waals surface area (Å²) in [5.74, 6) is 0.511. The van der Waals surface area contributed by atoms with Gasteiger partial charge in [0.2, 0.25) is 0 Å². The number of rotatable bonds is 5. The van der Waals surface area contributed by atoms with E-state index < -0.39 is 0 Å². The second-order valence-electron chi connectivity index (χ2n) is 7.81. The zero-order chi connectivity index (χ0) is 19.2. The molecule has 0 atom stereocenters. The minimum Gasteiger partial charge on any atom is -0.372 e. The number of benzene rings is 1. The molecule has 1 aliphatic carbocycles. The Morgan fingerprint density at radius 2 is 1.61 bits per heavy atom. The molecule has 1 saturated carbocycles. The Labute approximate surface area is 166 Å². The third-order valence-electron chi connectivity index (χ3n) is 5.69. The van der Waals surface area contributed by atoms with Crippen molar-refractivity contribution in [2.45, 2.75) is 57.4 Å². The largest absolute Gasteiger partial charge is 0.372 e. The molecular formula is C22H29N5O. The summed E-state index contributed by atoms with van der Waals surface area (Å²) in [7, 11) is 0. The molecule has 148 valence electrons. The second kappa shape index (κ2) is 9.04. The lowest BCUT2D eigenvalue weighted by atomic mass is 9.95. The van der Waals surface area contributed by atoms with Gasteiger partial charge in [0.05, 0.1) is 12.4 Å². The van der Waals surface area contributed by atoms with Crippen LogP contribution in [0.2, 0.25) is 0 Å². The van der Waals surface area contributed by atoms with Crippen LogP contribution in [-0.2, 0) is 0 Å². The zero-order valence-electron chi connectivity index (χ0n) is 16.4. The third kappa shape index (κ3) is 4.80. The minimum atomic E-state index is -0.128. The predicted molar refractivity (Wildman–Crippen MR) is 112 cm³/mol. The number of hydrogen-bond acceptors (Lipinski definition) is 5. The maximum atomic E-state index is 12.3. The van der Waals surface area contributed by atoms with Crippen LogP contribution < -0.4 is 15.5 Å². The van der Waals surface area contributed by atoms with Gasteiger partial charge in [0.1, 0.15) is 11.5 Å². The fraction of sp³-hybridized carbons (Fsp3) is 0.500. The first-order valence-electron chi connectivity index (χ1n) is 10.5. The summed E-state index contributed by atoms with van der Waals surface area (Å²) in [6.45, 7) is 2.28. The first kappa shape index (κ1) is 18.7. The Bertz CT molecular complexity index is 763. The van der Waals surface area contributed by atoms with Crippen LogP contribution in [0.5, 0.6) is 0 Å². The lowest BCUT2D eigenvalue weighted by Crippen LogP contribution is -2.36. The normalized spacial score (nSPS) is 17.9. The Kier molecular flexibility index (Phi) is 6.04. The molecule has 0 radical (unpaired) electrons. The highest BCUT2D eigenvalue weighted by molar-refractivity contribution is 5.92. The average molecular weight is 380 g/mol. The van der Waals surface area contributed by atoms with Crippen LogP contribution in [0.3, 0.4) is 0 Å². The van der Waals surface area contributed by atoms with E-state index in [1.807, 2.05) is 0 Å². The summed E-state index contributed by atoms with van der Waals surface area (Å²) in [5.41, 5.74) is 2.61. The van der Waals surface area contributed by atoms with Crippen molar-refractivity contribution in [1.29, 1.82) is 0 Å². The molecule has 4 rings (SSSR count). The molecule has 6 heteroatoms. The molecule has 1 aliphatic heterocycles. The third-order valence-corrected chi connectivity index (χ3v) is 5.69. The maximum absolute atomic E-state index is 12.3. The molecular weight excluding hydrogens is 350 g/mol. The number of carbonyl (C=O) groups excluding carboxylic acids is 1. The topological polar surface area (TPSA) is 70.2 Å². The van der Waals surface area contributed by atoms with Crippen LogP contribution in [0.15, 0.2) is 36.7 Å². The summed E-state index contributed by atoms with van der Waals surface area (Å²) in [6, 6.07) is 8.70. The highest BCUT2D eigenvalue weighted by Crippen LogP contribution is 2.23. The molecule has 1 aromatic carbocycles. The summed E-state index contributed by atoms with van der Waals surface area (Å²) in [5, 5.41) is 6.33. The number of hydrogen-bond donors (Lipinski definition) is 2. The summed E-state index contributed by atoms with van der Waals surface area (Å²) < 4.78 is 0. The molecule has 6 nitrogen and oxygen atoms in total. The summed E-state index contributed by atoms with van der Waals surface area (Å²) in [6.07, 6.45) is 12.8. The van der Waals surface area contributed by atoms with E-state index in [1.165, 1.54) is 44.2 Å². The van der Waals surface area contributed by atoms with Crippen LogP contribution in [-0.4, -0.2) is 35.0 Å². The van der Waals surface area contributed by atoms with Crippen molar-refractivity contribution >= 4 is 23.1 Å². The molecule has 2 aromatic rings. The lowest BCUT2D eigenvalue weighted by Gasteiger charge is -2.28. The molecule has 2 N–H and O–H groups in total. The van der Waals surface area contributed by atoms with E-state index in [0.29, 0.717) is 11.5 Å². The number of amides is 1. The zero-order valence-corrected chi connectivity index (χ0v) is 16.4. The van der Waals surface area contributed by atoms with E-state index >= 15 is 0 Å². The molecule has 1 amide bonds. The number of carbonyl (C=O) groups is 1. The van der Waals surface area contributed by atoms with Crippen molar-refractivity contribution in [3.8, 4) is 0 Å². The summed E-state index contributed by atoms with van der Waals surface area (Å²) in [4.78, 5) is 23.4. The van der Waals surface area contributed by atoms with Gasteiger partial charge in [-0.3, -0.25) is 4.79 Å². The fourth-order valence-corrected chi connectivity index (χ4v) is 4.07. The van der Waals surface area contributed by atoms with Crippen LogP contribution in [0, 0.1) is 0 Å².